The van der Waals surface area contributed by atoms with Gasteiger partial charge < -0.3 is 14.4 Å². The third kappa shape index (κ3) is 2.25. The normalized spacial score (nSPS) is 51.8. The van der Waals surface area contributed by atoms with E-state index in [1.165, 1.54) is 24.8 Å². The smallest absolute Gasteiger partial charge is 0.403 e. The van der Waals surface area contributed by atoms with Gasteiger partial charge in [-0.2, -0.15) is 0 Å². The molecule has 3 saturated carbocycles. The van der Waals surface area contributed by atoms with E-state index >= 15 is 0 Å². The van der Waals surface area contributed by atoms with Crippen LogP contribution in [0.4, 0.5) is 0 Å². The predicted molar refractivity (Wildman–Crippen MR) is 104 cm³/mol. The Labute approximate surface area is 163 Å². The molecule has 4 fully saturated rings. The second-order valence-electron chi connectivity index (χ2n) is 10.3. The van der Waals surface area contributed by atoms with E-state index in [1.54, 1.807) is 0 Å². The maximum absolute atomic E-state index is 12.0. The van der Waals surface area contributed by atoms with E-state index in [9.17, 15) is 9.90 Å². The lowest BCUT2D eigenvalue weighted by Gasteiger charge is -2.59. The summed E-state index contributed by atoms with van der Waals surface area (Å²) in [6.45, 7) is 6.87. The molecule has 5 rings (SSSR count). The summed E-state index contributed by atoms with van der Waals surface area (Å²) in [7, 11) is -0.224. The van der Waals surface area contributed by atoms with Crippen LogP contribution in [0.25, 0.3) is 0 Å². The van der Waals surface area contributed by atoms with Gasteiger partial charge in [-0.1, -0.05) is 19.4 Å². The van der Waals surface area contributed by atoms with E-state index in [0.29, 0.717) is 23.5 Å². The molecule has 27 heavy (non-hydrogen) atoms. The number of hydrogen-bond acceptors (Lipinski definition) is 4. The molecule has 0 amide bonds. The lowest BCUT2D eigenvalue weighted by Crippen LogP contribution is -2.58. The fourth-order valence-corrected chi connectivity index (χ4v) is 8.25. The number of carbonyl (C=O) groups is 1. The van der Waals surface area contributed by atoms with Gasteiger partial charge in [0.2, 0.25) is 0 Å². The first-order valence-corrected chi connectivity index (χ1v) is 11.0. The number of aliphatic hydroxyl groups is 1. The minimum atomic E-state index is -0.323. The lowest BCUT2D eigenvalue weighted by atomic mass is 9.46. The summed E-state index contributed by atoms with van der Waals surface area (Å²) in [6, 6.07) is 0. The second kappa shape index (κ2) is 5.93. The van der Waals surface area contributed by atoms with Crippen LogP contribution < -0.4 is 0 Å². The quantitative estimate of drug-likeness (QED) is 0.712. The Morgan fingerprint density at radius 1 is 1.15 bits per heavy atom. The maximum atomic E-state index is 12.0. The monoisotopic (exact) mass is 372 g/mol. The van der Waals surface area contributed by atoms with Crippen molar-refractivity contribution >= 4 is 12.9 Å². The Balaban J connectivity index is 1.49. The number of carbonyl (C=O) groups excluding carboxylic acids is 1. The van der Waals surface area contributed by atoms with Crippen LogP contribution in [-0.4, -0.2) is 36.3 Å². The number of aliphatic hydroxyl groups excluding tert-OH is 1. The van der Waals surface area contributed by atoms with E-state index in [2.05, 4.69) is 13.8 Å². The Hall–Kier alpha value is -0.645. The fourth-order valence-electron chi connectivity index (χ4n) is 8.25. The number of fused-ring (bicyclic) bond motifs is 6. The molecule has 1 aliphatic heterocycles. The van der Waals surface area contributed by atoms with Gasteiger partial charge in [-0.3, -0.25) is 4.79 Å². The molecule has 148 valence electrons. The van der Waals surface area contributed by atoms with Crippen molar-refractivity contribution in [3.63, 3.8) is 0 Å². The first kappa shape index (κ1) is 18.4. The third-order valence-corrected chi connectivity index (χ3v) is 9.56. The summed E-state index contributed by atoms with van der Waals surface area (Å²) in [5, 5.41) is 10.0. The minimum absolute atomic E-state index is 0.0491. The molecule has 0 aromatic rings. The van der Waals surface area contributed by atoms with Gasteiger partial charge in [0, 0.05) is 11.8 Å². The van der Waals surface area contributed by atoms with Crippen LogP contribution in [0.1, 0.15) is 65.2 Å². The van der Waals surface area contributed by atoms with Crippen LogP contribution >= 0.6 is 0 Å². The molecule has 3 unspecified atom stereocenters. The Kier molecular flexibility index (Phi) is 4.04. The summed E-state index contributed by atoms with van der Waals surface area (Å²) in [5.41, 5.74) is 1.40. The van der Waals surface area contributed by atoms with Crippen LogP contribution in [0.15, 0.2) is 11.6 Å². The minimum Gasteiger partial charge on any atom is -0.403 e. The molecule has 7 atom stereocenters. The highest BCUT2D eigenvalue weighted by molar-refractivity contribution is 6.43. The highest BCUT2D eigenvalue weighted by Gasteiger charge is 2.69. The topological polar surface area (TPSA) is 55.8 Å². The number of ketones is 1. The van der Waals surface area contributed by atoms with E-state index < -0.39 is 0 Å². The van der Waals surface area contributed by atoms with Gasteiger partial charge in [0.15, 0.2) is 5.78 Å². The summed E-state index contributed by atoms with van der Waals surface area (Å²) in [5.74, 6) is 2.36. The molecule has 4 nitrogen and oxygen atoms in total. The highest BCUT2D eigenvalue weighted by atomic mass is 16.7. The van der Waals surface area contributed by atoms with Crippen molar-refractivity contribution in [1.29, 1.82) is 0 Å². The van der Waals surface area contributed by atoms with Crippen molar-refractivity contribution in [2.24, 2.45) is 28.6 Å². The lowest BCUT2D eigenvalue weighted by molar-refractivity contribution is -0.133. The molecular weight excluding hydrogens is 339 g/mol. The third-order valence-electron chi connectivity index (χ3n) is 9.56. The van der Waals surface area contributed by atoms with Crippen molar-refractivity contribution in [3.8, 4) is 0 Å². The van der Waals surface area contributed by atoms with Crippen LogP contribution in [0, 0.1) is 28.6 Å². The summed E-state index contributed by atoms with van der Waals surface area (Å²) in [4.78, 5) is 12.0. The second-order valence-corrected chi connectivity index (χ2v) is 10.3. The van der Waals surface area contributed by atoms with Crippen LogP contribution in [-0.2, 0) is 14.1 Å². The maximum Gasteiger partial charge on any atom is 0.454 e. The van der Waals surface area contributed by atoms with Crippen molar-refractivity contribution in [1.82, 2.24) is 0 Å². The molecule has 0 aromatic heterocycles. The first-order chi connectivity index (χ1) is 12.8. The molecule has 5 aliphatic rings. The Morgan fingerprint density at radius 2 is 1.93 bits per heavy atom. The van der Waals surface area contributed by atoms with E-state index in [4.69, 9.17) is 9.31 Å². The predicted octanol–water partition coefficient (Wildman–Crippen LogP) is 3.78. The van der Waals surface area contributed by atoms with E-state index in [0.717, 1.165) is 32.1 Å². The van der Waals surface area contributed by atoms with Gasteiger partial charge >= 0.3 is 7.12 Å². The largest absolute Gasteiger partial charge is 0.454 e. The van der Waals surface area contributed by atoms with Crippen LogP contribution in [0.5, 0.6) is 0 Å². The molecule has 0 aromatic carbocycles. The van der Waals surface area contributed by atoms with Gasteiger partial charge in [-0.15, -0.1) is 0 Å². The molecule has 5 heteroatoms. The fraction of sp³-hybridized carbons (Fsp3) is 0.864. The molecule has 0 bridgehead atoms. The average molecular weight is 372 g/mol. The SMILES string of the molecule is CB1O[C@H](CO)[C@]2(CCC3C4CCC5=CC(=O)CC[C@]5(C)C4CC[C@@]32C)O1. The van der Waals surface area contributed by atoms with Crippen molar-refractivity contribution in [3.05, 3.63) is 11.6 Å². The zero-order valence-electron chi connectivity index (χ0n) is 17.0. The van der Waals surface area contributed by atoms with Gasteiger partial charge in [-0.05, 0) is 81.0 Å². The van der Waals surface area contributed by atoms with Crippen molar-refractivity contribution in [2.75, 3.05) is 6.61 Å². The highest BCUT2D eigenvalue weighted by Crippen LogP contribution is 2.69. The Bertz CT molecular complexity index is 692. The van der Waals surface area contributed by atoms with Gasteiger partial charge in [0.05, 0.1) is 18.3 Å². The van der Waals surface area contributed by atoms with E-state index in [1.807, 2.05) is 12.9 Å². The van der Waals surface area contributed by atoms with Crippen molar-refractivity contribution in [2.45, 2.75) is 83.7 Å². The first-order valence-electron chi connectivity index (χ1n) is 11.0. The van der Waals surface area contributed by atoms with Gasteiger partial charge in [0.25, 0.3) is 0 Å². The van der Waals surface area contributed by atoms with Gasteiger partial charge in [-0.25, -0.2) is 0 Å². The molecular formula is C22H33BO4. The van der Waals surface area contributed by atoms with Crippen LogP contribution in [0.2, 0.25) is 6.82 Å². The number of rotatable bonds is 1. The summed E-state index contributed by atoms with van der Waals surface area (Å²) >= 11 is 0. The average Bonchev–Trinajstić information content (AvgIpc) is 3.13. The van der Waals surface area contributed by atoms with Crippen LogP contribution in [0.3, 0.4) is 0 Å². The zero-order chi connectivity index (χ0) is 19.0. The molecule has 1 spiro atoms. The molecule has 0 radical (unpaired) electrons. The molecule has 1 N–H and O–H groups in total. The summed E-state index contributed by atoms with van der Waals surface area (Å²) in [6.07, 6.45) is 10.4. The number of allylic oxidation sites excluding steroid dienone is 1. The van der Waals surface area contributed by atoms with Crippen molar-refractivity contribution < 1.29 is 19.2 Å². The molecule has 1 saturated heterocycles. The number of hydrogen-bond donors (Lipinski definition) is 1. The standard InChI is InChI=1S/C22H33BO4/c1-20-9-6-15(25)12-14(20)4-5-16-17(20)7-10-21(2)18(16)8-11-22(21)19(13-24)26-23(3)27-22/h12,16-19,24H,4-11,13H2,1-3H3/t16?,17?,18?,19-,20+,21+,22+/m1/s1. The summed E-state index contributed by atoms with van der Waals surface area (Å²) < 4.78 is 12.5. The van der Waals surface area contributed by atoms with Gasteiger partial charge in [0.1, 0.15) is 0 Å². The van der Waals surface area contributed by atoms with E-state index in [-0.39, 0.29) is 36.3 Å². The zero-order valence-corrected chi connectivity index (χ0v) is 17.0. The molecule has 1 heterocycles. The Morgan fingerprint density at radius 3 is 2.70 bits per heavy atom. The molecule has 4 aliphatic carbocycles.